The molecule has 1 aromatic carbocycles. The number of aryl methyl sites for hydroxylation is 1. The Hall–Kier alpha value is -2.72. The predicted molar refractivity (Wildman–Crippen MR) is 101 cm³/mol. The Balaban J connectivity index is 1.88. The Morgan fingerprint density at radius 3 is 2.33 bits per heavy atom. The van der Waals surface area contributed by atoms with Gasteiger partial charge in [-0.05, 0) is 23.6 Å². The fraction of sp³-hybridized carbons (Fsp3) is 0.353. The van der Waals surface area contributed by atoms with Gasteiger partial charge in [-0.2, -0.15) is 0 Å². The van der Waals surface area contributed by atoms with Crippen molar-refractivity contribution in [3.05, 3.63) is 56.5 Å². The topological polar surface area (TPSA) is 119 Å². The molecule has 0 saturated carbocycles. The normalized spacial score (nSPS) is 12.2. The van der Waals surface area contributed by atoms with Crippen molar-refractivity contribution in [3.8, 4) is 0 Å². The molecule has 0 fully saturated rings. The Kier molecular flexibility index (Phi) is 4.79. The van der Waals surface area contributed by atoms with Crippen LogP contribution in [-0.4, -0.2) is 27.5 Å². The van der Waals surface area contributed by atoms with Crippen LogP contribution in [0.2, 0.25) is 0 Å². The summed E-state index contributed by atoms with van der Waals surface area (Å²) >= 11 is 0. The standard InChI is InChI=1S/C17H21N5O4S/c1-10(2)11-5-7-12(8-6-11)27(25,26)18-9-13-19-14-15(20-13)21(3)17(24)22(4)16(14)23/h5-8,10,18H,9H2,1-4H3,(H,19,20). The summed E-state index contributed by atoms with van der Waals surface area (Å²) in [4.78, 5) is 31.2. The lowest BCUT2D eigenvalue weighted by Gasteiger charge is -2.08. The van der Waals surface area contributed by atoms with Crippen LogP contribution in [0.1, 0.15) is 31.2 Å². The Labute approximate surface area is 155 Å². The third kappa shape index (κ3) is 3.45. The number of imidazole rings is 1. The maximum atomic E-state index is 12.5. The van der Waals surface area contributed by atoms with E-state index in [1.807, 2.05) is 13.8 Å². The first kappa shape index (κ1) is 19.1. The maximum Gasteiger partial charge on any atom is 0.332 e. The van der Waals surface area contributed by atoms with Crippen molar-refractivity contribution in [1.29, 1.82) is 0 Å². The molecule has 0 aliphatic rings. The number of rotatable bonds is 5. The van der Waals surface area contributed by atoms with E-state index in [1.165, 1.54) is 18.7 Å². The lowest BCUT2D eigenvalue weighted by Crippen LogP contribution is -2.36. The fourth-order valence-electron chi connectivity index (χ4n) is 2.74. The average molecular weight is 391 g/mol. The number of sulfonamides is 1. The predicted octanol–water partition coefficient (Wildman–Crippen LogP) is 0.562. The molecule has 144 valence electrons. The summed E-state index contributed by atoms with van der Waals surface area (Å²) in [5, 5.41) is 0. The van der Waals surface area contributed by atoms with E-state index in [-0.39, 0.29) is 28.4 Å². The fourth-order valence-corrected chi connectivity index (χ4v) is 3.72. The van der Waals surface area contributed by atoms with Crippen LogP contribution in [0, 0.1) is 0 Å². The van der Waals surface area contributed by atoms with Gasteiger partial charge < -0.3 is 4.98 Å². The minimum Gasteiger partial charge on any atom is -0.335 e. The average Bonchev–Trinajstić information content (AvgIpc) is 3.08. The molecule has 0 unspecified atom stereocenters. The van der Waals surface area contributed by atoms with Crippen LogP contribution in [0.5, 0.6) is 0 Å². The van der Waals surface area contributed by atoms with Gasteiger partial charge in [0.1, 0.15) is 11.3 Å². The van der Waals surface area contributed by atoms with Gasteiger partial charge in [-0.25, -0.2) is 22.9 Å². The highest BCUT2D eigenvalue weighted by Crippen LogP contribution is 2.17. The number of H-pyrrole nitrogens is 1. The van der Waals surface area contributed by atoms with Crippen LogP contribution in [0.3, 0.4) is 0 Å². The molecule has 0 spiro atoms. The number of aromatic amines is 1. The van der Waals surface area contributed by atoms with Crippen LogP contribution in [0.25, 0.3) is 11.2 Å². The summed E-state index contributed by atoms with van der Waals surface area (Å²) in [6, 6.07) is 6.66. The van der Waals surface area contributed by atoms with Crippen molar-refractivity contribution in [2.75, 3.05) is 0 Å². The molecule has 0 radical (unpaired) electrons. The minimum absolute atomic E-state index is 0.139. The maximum absolute atomic E-state index is 12.5. The van der Waals surface area contributed by atoms with E-state index in [9.17, 15) is 18.0 Å². The van der Waals surface area contributed by atoms with Gasteiger partial charge in [0.25, 0.3) is 5.56 Å². The first-order chi connectivity index (χ1) is 12.6. The van der Waals surface area contributed by atoms with Gasteiger partial charge in [0.2, 0.25) is 10.0 Å². The van der Waals surface area contributed by atoms with E-state index in [0.717, 1.165) is 10.1 Å². The van der Waals surface area contributed by atoms with Crippen LogP contribution >= 0.6 is 0 Å². The number of fused-ring (bicyclic) bond motifs is 1. The lowest BCUT2D eigenvalue weighted by atomic mass is 10.0. The number of hydrogen-bond acceptors (Lipinski definition) is 5. The molecule has 9 nitrogen and oxygen atoms in total. The van der Waals surface area contributed by atoms with E-state index in [0.29, 0.717) is 5.92 Å². The third-order valence-electron chi connectivity index (χ3n) is 4.43. The van der Waals surface area contributed by atoms with E-state index in [1.54, 1.807) is 24.3 Å². The van der Waals surface area contributed by atoms with Gasteiger partial charge in [-0.3, -0.25) is 13.9 Å². The molecule has 27 heavy (non-hydrogen) atoms. The van der Waals surface area contributed by atoms with Crippen LogP contribution < -0.4 is 16.0 Å². The number of aromatic nitrogens is 4. The van der Waals surface area contributed by atoms with Crippen molar-refractivity contribution in [2.45, 2.75) is 31.2 Å². The van der Waals surface area contributed by atoms with Gasteiger partial charge >= 0.3 is 5.69 Å². The molecule has 3 rings (SSSR count). The summed E-state index contributed by atoms with van der Waals surface area (Å²) in [5.41, 5.74) is 0.354. The molecule has 0 amide bonds. The van der Waals surface area contributed by atoms with Crippen LogP contribution in [0.15, 0.2) is 38.8 Å². The van der Waals surface area contributed by atoms with Crippen molar-refractivity contribution in [3.63, 3.8) is 0 Å². The molecule has 3 aromatic rings. The molecular weight excluding hydrogens is 370 g/mol. The third-order valence-corrected chi connectivity index (χ3v) is 5.85. The van der Waals surface area contributed by atoms with Crippen LogP contribution in [0.4, 0.5) is 0 Å². The second-order valence-electron chi connectivity index (χ2n) is 6.64. The van der Waals surface area contributed by atoms with Gasteiger partial charge in [0.05, 0.1) is 11.4 Å². The second kappa shape index (κ2) is 6.78. The van der Waals surface area contributed by atoms with Gasteiger partial charge in [-0.1, -0.05) is 26.0 Å². The number of hydrogen-bond donors (Lipinski definition) is 2. The first-order valence-electron chi connectivity index (χ1n) is 8.36. The van der Waals surface area contributed by atoms with Crippen molar-refractivity contribution in [2.24, 2.45) is 14.1 Å². The summed E-state index contributed by atoms with van der Waals surface area (Å²) < 4.78 is 29.6. The number of nitrogens with one attached hydrogen (secondary N) is 2. The Bertz CT molecular complexity index is 1220. The molecule has 0 saturated heterocycles. The van der Waals surface area contributed by atoms with Gasteiger partial charge in [0, 0.05) is 14.1 Å². The molecule has 0 atom stereocenters. The minimum atomic E-state index is -3.74. The number of nitrogens with zero attached hydrogens (tertiary/aromatic N) is 3. The monoisotopic (exact) mass is 391 g/mol. The highest BCUT2D eigenvalue weighted by molar-refractivity contribution is 7.89. The lowest BCUT2D eigenvalue weighted by molar-refractivity contribution is 0.579. The Morgan fingerprint density at radius 1 is 1.11 bits per heavy atom. The zero-order valence-electron chi connectivity index (χ0n) is 15.5. The molecule has 2 N–H and O–H groups in total. The molecule has 0 bridgehead atoms. The summed E-state index contributed by atoms with van der Waals surface area (Å²) in [5.74, 6) is 0.546. The molecular formula is C17H21N5O4S. The largest absolute Gasteiger partial charge is 0.335 e. The molecule has 0 aliphatic heterocycles. The highest BCUT2D eigenvalue weighted by Gasteiger charge is 2.17. The molecule has 0 aliphatic carbocycles. The SMILES string of the molecule is CC(C)c1ccc(S(=O)(=O)NCc2nc3c([nH]2)c(=O)n(C)c(=O)n3C)cc1. The highest BCUT2D eigenvalue weighted by atomic mass is 32.2. The zero-order chi connectivity index (χ0) is 19.9. The zero-order valence-corrected chi connectivity index (χ0v) is 16.3. The summed E-state index contributed by atoms with van der Waals surface area (Å²) in [6.07, 6.45) is 0. The Morgan fingerprint density at radius 2 is 1.74 bits per heavy atom. The summed E-state index contributed by atoms with van der Waals surface area (Å²) in [6.45, 7) is 3.92. The molecule has 2 heterocycles. The first-order valence-corrected chi connectivity index (χ1v) is 9.84. The van der Waals surface area contributed by atoms with E-state index in [2.05, 4.69) is 14.7 Å². The van der Waals surface area contributed by atoms with Gasteiger partial charge in [-0.15, -0.1) is 0 Å². The van der Waals surface area contributed by atoms with Crippen molar-refractivity contribution >= 4 is 21.2 Å². The van der Waals surface area contributed by atoms with Crippen molar-refractivity contribution in [1.82, 2.24) is 23.8 Å². The van der Waals surface area contributed by atoms with Crippen molar-refractivity contribution < 1.29 is 8.42 Å². The molecule has 2 aromatic heterocycles. The molecule has 10 heteroatoms. The number of benzene rings is 1. The quantitative estimate of drug-likeness (QED) is 0.659. The van der Waals surface area contributed by atoms with E-state index < -0.39 is 21.3 Å². The smallest absolute Gasteiger partial charge is 0.332 e. The van der Waals surface area contributed by atoms with E-state index in [4.69, 9.17) is 0 Å². The van der Waals surface area contributed by atoms with E-state index >= 15 is 0 Å². The second-order valence-corrected chi connectivity index (χ2v) is 8.40. The van der Waals surface area contributed by atoms with Gasteiger partial charge in [0.15, 0.2) is 5.65 Å². The van der Waals surface area contributed by atoms with Crippen LogP contribution in [-0.2, 0) is 30.7 Å². The summed E-state index contributed by atoms with van der Waals surface area (Å²) in [7, 11) is -0.872.